The average molecular weight is 306 g/mol. The zero-order valence-electron chi connectivity index (χ0n) is 11.9. The van der Waals surface area contributed by atoms with Crippen molar-refractivity contribution in [3.05, 3.63) is 46.6 Å². The van der Waals surface area contributed by atoms with Crippen molar-refractivity contribution in [3.8, 4) is 0 Å². The zero-order chi connectivity index (χ0) is 14.7. The number of quaternary nitrogens is 1. The van der Waals surface area contributed by atoms with Crippen LogP contribution in [0.3, 0.4) is 0 Å². The van der Waals surface area contributed by atoms with E-state index in [0.29, 0.717) is 23.8 Å². The molecule has 0 spiro atoms. The first-order valence-corrected chi connectivity index (χ1v) is 7.74. The van der Waals surface area contributed by atoms with E-state index in [9.17, 15) is 5.11 Å². The van der Waals surface area contributed by atoms with Crippen LogP contribution < -0.4 is 4.90 Å². The van der Waals surface area contributed by atoms with Gasteiger partial charge in [0.1, 0.15) is 0 Å². The summed E-state index contributed by atoms with van der Waals surface area (Å²) in [4.78, 5) is 1.82. The Hall–Kier alpha value is -1.50. The van der Waals surface area contributed by atoms with Gasteiger partial charge in [0.15, 0.2) is 6.67 Å². The molecule has 0 atom stereocenters. The van der Waals surface area contributed by atoms with Gasteiger partial charge in [-0.15, -0.1) is 5.10 Å². The van der Waals surface area contributed by atoms with Crippen LogP contribution in [0.25, 0.3) is 0 Å². The fraction of sp³-hybridized carbons (Fsp3) is 0.467. The molecule has 1 fully saturated rings. The predicted octanol–water partition coefficient (Wildman–Crippen LogP) is 0.793. The highest BCUT2D eigenvalue weighted by atomic mass is 32.1. The normalized spacial score (nSPS) is 22.3. The standard InChI is InChI=1S/C15H19N3O2S/c19-13-6-8-17(9-7-13)11-18-15(21)20-14(16-18)10-12-4-2-1-3-5-12/h1-5,13,19H,6-11H2/p+1. The van der Waals surface area contributed by atoms with E-state index < -0.39 is 0 Å². The SMILES string of the molecule is OC1CC[NH+](Cn2nc(Cc3ccccc3)oc2=S)CC1. The van der Waals surface area contributed by atoms with E-state index in [4.69, 9.17) is 16.6 Å². The van der Waals surface area contributed by atoms with Gasteiger partial charge in [-0.3, -0.25) is 0 Å². The third-order valence-electron chi connectivity index (χ3n) is 3.88. The van der Waals surface area contributed by atoms with Gasteiger partial charge in [-0.1, -0.05) is 30.3 Å². The number of nitrogens with zero attached hydrogens (tertiary/aromatic N) is 2. The maximum Gasteiger partial charge on any atom is 0.291 e. The minimum atomic E-state index is -0.146. The van der Waals surface area contributed by atoms with Crippen LogP contribution in [0.1, 0.15) is 24.3 Å². The first-order valence-electron chi connectivity index (χ1n) is 7.33. The van der Waals surface area contributed by atoms with E-state index in [0.717, 1.165) is 31.5 Å². The number of hydrogen-bond donors (Lipinski definition) is 2. The van der Waals surface area contributed by atoms with Crippen LogP contribution in [0.2, 0.25) is 0 Å². The molecule has 0 radical (unpaired) electrons. The molecule has 2 aromatic rings. The third-order valence-corrected chi connectivity index (χ3v) is 4.18. The summed E-state index contributed by atoms with van der Waals surface area (Å²) in [5, 5.41) is 14.0. The average Bonchev–Trinajstić information content (AvgIpc) is 2.82. The number of piperidine rings is 1. The Kier molecular flexibility index (Phi) is 4.48. The van der Waals surface area contributed by atoms with Gasteiger partial charge < -0.3 is 14.4 Å². The first-order chi connectivity index (χ1) is 10.2. The van der Waals surface area contributed by atoms with Gasteiger partial charge in [-0.25, -0.2) is 0 Å². The topological polar surface area (TPSA) is 55.6 Å². The molecule has 2 N–H and O–H groups in total. The summed E-state index contributed by atoms with van der Waals surface area (Å²) in [6, 6.07) is 10.1. The number of aliphatic hydroxyl groups is 1. The summed E-state index contributed by atoms with van der Waals surface area (Å²) in [6.07, 6.45) is 2.20. The minimum Gasteiger partial charge on any atom is -0.413 e. The fourth-order valence-electron chi connectivity index (χ4n) is 2.67. The van der Waals surface area contributed by atoms with Gasteiger partial charge in [0.25, 0.3) is 4.84 Å². The molecule has 0 bridgehead atoms. The van der Waals surface area contributed by atoms with Crippen LogP contribution in [-0.4, -0.2) is 34.1 Å². The van der Waals surface area contributed by atoms with Crippen LogP contribution in [0.15, 0.2) is 34.7 Å². The molecule has 1 aromatic carbocycles. The Morgan fingerprint density at radius 1 is 1.29 bits per heavy atom. The molecule has 1 saturated heterocycles. The van der Waals surface area contributed by atoms with Crippen molar-refractivity contribution >= 4 is 12.2 Å². The smallest absolute Gasteiger partial charge is 0.291 e. The lowest BCUT2D eigenvalue weighted by Crippen LogP contribution is -3.12. The molecule has 112 valence electrons. The summed E-state index contributed by atoms with van der Waals surface area (Å²) >= 11 is 5.25. The fourth-order valence-corrected chi connectivity index (χ4v) is 2.87. The molecule has 1 aromatic heterocycles. The molecule has 5 nitrogen and oxygen atoms in total. The minimum absolute atomic E-state index is 0.146. The van der Waals surface area contributed by atoms with Crippen molar-refractivity contribution in [1.29, 1.82) is 0 Å². The van der Waals surface area contributed by atoms with E-state index in [2.05, 4.69) is 17.2 Å². The maximum absolute atomic E-state index is 9.54. The number of hydrogen-bond acceptors (Lipinski definition) is 4. The second-order valence-corrected chi connectivity index (χ2v) is 5.91. The van der Waals surface area contributed by atoms with E-state index >= 15 is 0 Å². The molecular formula is C15H20N3O2S+. The number of aromatic nitrogens is 2. The molecule has 6 heteroatoms. The van der Waals surface area contributed by atoms with Gasteiger partial charge >= 0.3 is 0 Å². The van der Waals surface area contributed by atoms with Crippen LogP contribution in [0, 0.1) is 4.84 Å². The Balaban J connectivity index is 1.66. The number of likely N-dealkylation sites (tertiary alicyclic amines) is 1. The van der Waals surface area contributed by atoms with Crippen molar-refractivity contribution in [2.24, 2.45) is 0 Å². The molecule has 1 aliphatic heterocycles. The Morgan fingerprint density at radius 3 is 2.71 bits per heavy atom. The number of aliphatic hydroxyl groups excluding tert-OH is 1. The Labute approximate surface area is 128 Å². The second-order valence-electron chi connectivity index (χ2n) is 5.56. The second kappa shape index (κ2) is 6.51. The lowest BCUT2D eigenvalue weighted by atomic mass is 10.1. The Morgan fingerprint density at radius 2 is 2.00 bits per heavy atom. The van der Waals surface area contributed by atoms with Crippen LogP contribution in [0.4, 0.5) is 0 Å². The van der Waals surface area contributed by atoms with Crippen molar-refractivity contribution in [3.63, 3.8) is 0 Å². The van der Waals surface area contributed by atoms with Crippen molar-refractivity contribution in [2.45, 2.75) is 32.0 Å². The van der Waals surface area contributed by atoms with E-state index in [1.165, 1.54) is 4.90 Å². The summed E-state index contributed by atoms with van der Waals surface area (Å²) in [5.74, 6) is 0.655. The molecule has 3 rings (SSSR count). The van der Waals surface area contributed by atoms with Crippen molar-refractivity contribution in [2.75, 3.05) is 13.1 Å². The van der Waals surface area contributed by atoms with Gasteiger partial charge in [0.2, 0.25) is 5.89 Å². The summed E-state index contributed by atoms with van der Waals surface area (Å²) in [7, 11) is 0. The summed E-state index contributed by atoms with van der Waals surface area (Å²) in [5.41, 5.74) is 1.16. The molecule has 1 aliphatic rings. The first kappa shape index (κ1) is 14.4. The molecule has 0 saturated carbocycles. The molecule has 0 aliphatic carbocycles. The highest BCUT2D eigenvalue weighted by Crippen LogP contribution is 2.08. The highest BCUT2D eigenvalue weighted by molar-refractivity contribution is 7.71. The van der Waals surface area contributed by atoms with Crippen molar-refractivity contribution in [1.82, 2.24) is 9.78 Å². The summed E-state index contributed by atoms with van der Waals surface area (Å²) in [6.45, 7) is 2.61. The van der Waals surface area contributed by atoms with E-state index in [-0.39, 0.29) is 6.10 Å². The number of rotatable bonds is 4. The van der Waals surface area contributed by atoms with Gasteiger partial charge in [-0.2, -0.15) is 4.68 Å². The lowest BCUT2D eigenvalue weighted by molar-refractivity contribution is -0.929. The highest BCUT2D eigenvalue weighted by Gasteiger charge is 2.21. The third kappa shape index (κ3) is 3.78. The van der Waals surface area contributed by atoms with Crippen LogP contribution >= 0.6 is 12.2 Å². The number of benzene rings is 1. The molecule has 2 heterocycles. The molecule has 0 amide bonds. The summed E-state index contributed by atoms with van der Waals surface area (Å²) < 4.78 is 7.35. The largest absolute Gasteiger partial charge is 0.413 e. The molecular weight excluding hydrogens is 286 g/mol. The predicted molar refractivity (Wildman–Crippen MR) is 80.5 cm³/mol. The Bertz CT molecular complexity index is 630. The van der Waals surface area contributed by atoms with Crippen molar-refractivity contribution < 1.29 is 14.4 Å². The zero-order valence-corrected chi connectivity index (χ0v) is 12.7. The van der Waals surface area contributed by atoms with Crippen LogP contribution in [-0.2, 0) is 13.1 Å². The van der Waals surface area contributed by atoms with E-state index in [1.54, 1.807) is 4.68 Å². The van der Waals surface area contributed by atoms with Gasteiger partial charge in [0.05, 0.1) is 25.6 Å². The maximum atomic E-state index is 9.54. The number of nitrogens with one attached hydrogen (secondary N) is 1. The van der Waals surface area contributed by atoms with Crippen LogP contribution in [0.5, 0.6) is 0 Å². The van der Waals surface area contributed by atoms with Gasteiger partial charge in [-0.05, 0) is 17.8 Å². The molecule has 0 unspecified atom stereocenters. The molecule has 21 heavy (non-hydrogen) atoms. The van der Waals surface area contributed by atoms with Gasteiger partial charge in [0, 0.05) is 12.8 Å². The van der Waals surface area contributed by atoms with E-state index in [1.807, 2.05) is 18.2 Å². The lowest BCUT2D eigenvalue weighted by Gasteiger charge is -2.25. The quantitative estimate of drug-likeness (QED) is 0.820. The monoisotopic (exact) mass is 306 g/mol.